The van der Waals surface area contributed by atoms with Crippen LogP contribution in [-0.4, -0.2) is 4.40 Å². The Bertz CT molecular complexity index is 42.3. The van der Waals surface area contributed by atoms with Crippen LogP contribution in [0.25, 0.3) is 0 Å². The molecule has 0 aromatic carbocycles. The second-order valence-corrected chi connectivity index (χ2v) is 2.54. The first kappa shape index (κ1) is 11.1. The fraction of sp³-hybridized carbons (Fsp3) is 0.571. The van der Waals surface area contributed by atoms with Gasteiger partial charge < -0.3 is 0 Å². The first-order chi connectivity index (χ1) is 3.83. The Kier molecular flexibility index (Phi) is 21.8. The zero-order valence-electron chi connectivity index (χ0n) is 5.55. The third-order valence-electron chi connectivity index (χ3n) is 0.232. The summed E-state index contributed by atoms with van der Waals surface area (Å²) in [5, 5.41) is 0. The molecule has 0 N–H and O–H groups in total. The molecule has 0 nitrogen and oxygen atoms in total. The molecule has 0 aromatic rings. The topological polar surface area (TPSA) is 0 Å². The Hall–Kier alpha value is 0.298. The third-order valence-corrected chi connectivity index (χ3v) is 0.924. The van der Waals surface area contributed by atoms with E-state index in [4.69, 9.17) is 6.58 Å². The van der Waals surface area contributed by atoms with Gasteiger partial charge in [0.2, 0.25) is 0 Å². The van der Waals surface area contributed by atoms with Crippen LogP contribution in [0.5, 0.6) is 0 Å². The van der Waals surface area contributed by atoms with Gasteiger partial charge in [-0.05, 0) is 0 Å². The maximum atomic E-state index is 5.00. The molecule has 8 heavy (non-hydrogen) atoms. The Labute approximate surface area is 63.4 Å². The maximum absolute atomic E-state index is 5.00. The Morgan fingerprint density at radius 1 is 1.50 bits per heavy atom. The van der Waals surface area contributed by atoms with Gasteiger partial charge in [-0.1, -0.05) is 20.3 Å². The number of rotatable bonds is 2. The van der Waals surface area contributed by atoms with Crippen LogP contribution in [0.1, 0.15) is 26.7 Å². The second kappa shape index (κ2) is 15.7. The van der Waals surface area contributed by atoms with Gasteiger partial charge in [-0.3, -0.25) is 0 Å². The summed E-state index contributed by atoms with van der Waals surface area (Å²) < 4.78 is 2.08. The summed E-state index contributed by atoms with van der Waals surface area (Å²) in [5.74, 6) is 0. The molecule has 0 fully saturated rings. The Morgan fingerprint density at radius 2 is 1.88 bits per heavy atom. The van der Waals surface area contributed by atoms with E-state index in [0.717, 1.165) is 6.42 Å². The zero-order chi connectivity index (χ0) is 6.83. The van der Waals surface area contributed by atoms with E-state index in [-0.39, 0.29) is 0 Å². The van der Waals surface area contributed by atoms with Crippen LogP contribution >= 0.6 is 0 Å². The minimum atomic E-state index is 0.954. The predicted molar refractivity (Wildman–Crippen MR) is 35.5 cm³/mol. The van der Waals surface area contributed by atoms with Gasteiger partial charge in [0.1, 0.15) is 0 Å². The van der Waals surface area contributed by atoms with Gasteiger partial charge in [0.25, 0.3) is 0 Å². The van der Waals surface area contributed by atoms with Gasteiger partial charge in [-0.2, -0.15) is 0 Å². The number of hydrogen-bond acceptors (Lipinski definition) is 0. The van der Waals surface area contributed by atoms with E-state index in [0.29, 0.717) is 0 Å². The average molecular weight is 281 g/mol. The molecule has 0 atom stereocenters. The van der Waals surface area contributed by atoms with Gasteiger partial charge in [0.15, 0.2) is 0 Å². The van der Waals surface area contributed by atoms with Crippen LogP contribution < -0.4 is 0 Å². The van der Waals surface area contributed by atoms with Crippen molar-refractivity contribution in [3.63, 3.8) is 0 Å². The Morgan fingerprint density at radius 3 is 1.88 bits per heavy atom. The fourth-order valence-corrected chi connectivity index (χ4v) is 0.455. The van der Waals surface area contributed by atoms with Crippen molar-refractivity contribution >= 4 is 4.40 Å². The quantitative estimate of drug-likeness (QED) is 0.680. The predicted octanol–water partition coefficient (Wildman–Crippen LogP) is 2.13. The molecule has 0 aliphatic heterocycles. The van der Waals surface area contributed by atoms with Crippen LogP contribution in [0.15, 0.2) is 6.08 Å². The van der Waals surface area contributed by atoms with Crippen LogP contribution in [-0.2, 0) is 19.4 Å². The molecule has 0 aliphatic carbocycles. The van der Waals surface area contributed by atoms with Crippen molar-refractivity contribution in [2.75, 3.05) is 0 Å². The molecule has 0 spiro atoms. The minimum absolute atomic E-state index is 0.954. The average Bonchev–Trinajstić information content (AvgIpc) is 1.71. The molecule has 0 amide bonds. The van der Waals surface area contributed by atoms with E-state index >= 15 is 0 Å². The molecule has 0 aromatic heterocycles. The van der Waals surface area contributed by atoms with Crippen molar-refractivity contribution in [1.29, 1.82) is 0 Å². The van der Waals surface area contributed by atoms with E-state index < -0.39 is 0 Å². The molecule has 48 valence electrons. The summed E-state index contributed by atoms with van der Waals surface area (Å²) in [4.78, 5) is 0. The monoisotopic (exact) mass is 281 g/mol. The molecule has 0 bridgehead atoms. The molecule has 1 heteroatoms. The summed E-state index contributed by atoms with van der Waals surface area (Å²) in [6.07, 6.45) is 3.85. The van der Waals surface area contributed by atoms with Crippen molar-refractivity contribution in [3.8, 4) is 0 Å². The van der Waals surface area contributed by atoms with Gasteiger partial charge in [0.05, 0.1) is 0 Å². The molecule has 0 unspecified atom stereocenters. The summed E-state index contributed by atoms with van der Waals surface area (Å²) in [6.45, 7) is 9.25. The van der Waals surface area contributed by atoms with E-state index in [9.17, 15) is 0 Å². The van der Waals surface area contributed by atoms with Crippen LogP contribution in [0.3, 0.4) is 0 Å². The van der Waals surface area contributed by atoms with Crippen LogP contribution in [0.2, 0.25) is 0 Å². The van der Waals surface area contributed by atoms with Crippen molar-refractivity contribution in [2.24, 2.45) is 0 Å². The normalized spacial score (nSPS) is 6.25. The summed E-state index contributed by atoms with van der Waals surface area (Å²) in [7, 11) is 0. The summed E-state index contributed by atoms with van der Waals surface area (Å²) in [5.41, 5.74) is 0. The van der Waals surface area contributed by atoms with Crippen molar-refractivity contribution in [3.05, 3.63) is 12.7 Å². The van der Waals surface area contributed by atoms with Gasteiger partial charge in [-0.15, -0.1) is 0 Å². The molecule has 0 saturated carbocycles. The molecule has 0 aliphatic rings. The second-order valence-electron chi connectivity index (χ2n) is 1.35. The van der Waals surface area contributed by atoms with E-state index in [1.165, 1.54) is 25.8 Å². The standard InChI is InChI=1S/C4H5.C3H8.W/c1-3-4-2;1-3-2;/h1-3H,4H2;3H2,1-2H3;/q-1;;. The van der Waals surface area contributed by atoms with Gasteiger partial charge >= 0.3 is 42.8 Å². The summed E-state index contributed by atoms with van der Waals surface area (Å²) in [6, 6.07) is 0. The van der Waals surface area contributed by atoms with E-state index in [1.807, 2.05) is 0 Å². The molecule has 0 heterocycles. The SMILES string of the molecule is CCC.[CH-]=CC[CH]=[W]. The third kappa shape index (κ3) is 33.5. The first-order valence-electron chi connectivity index (χ1n) is 2.80. The Balaban J connectivity index is 0. The number of allylic oxidation sites excluding steroid dienone is 1. The number of hydrogen-bond donors (Lipinski definition) is 0. The van der Waals surface area contributed by atoms with Crippen LogP contribution in [0, 0.1) is 6.58 Å². The van der Waals surface area contributed by atoms with Crippen molar-refractivity contribution in [2.45, 2.75) is 26.7 Å². The van der Waals surface area contributed by atoms with E-state index in [2.05, 4.69) is 18.2 Å². The van der Waals surface area contributed by atoms with Crippen molar-refractivity contribution < 1.29 is 19.4 Å². The molecule has 0 saturated heterocycles. The first-order valence-corrected chi connectivity index (χ1v) is 4.49. The van der Waals surface area contributed by atoms with Gasteiger partial charge in [-0.25, -0.2) is 0 Å². The van der Waals surface area contributed by atoms with E-state index in [1.54, 1.807) is 6.08 Å². The summed E-state index contributed by atoms with van der Waals surface area (Å²) >= 11 is 1.49. The van der Waals surface area contributed by atoms with Gasteiger partial charge in [0, 0.05) is 0 Å². The van der Waals surface area contributed by atoms with Crippen LogP contribution in [0.4, 0.5) is 0 Å². The molecule has 0 rings (SSSR count). The van der Waals surface area contributed by atoms with Crippen molar-refractivity contribution in [1.82, 2.24) is 0 Å². The molecular formula is C7H13W-. The molecule has 0 radical (unpaired) electrons. The fourth-order valence-electron chi connectivity index (χ4n) is 0.0556. The molecular weight excluding hydrogens is 268 g/mol. The zero-order valence-corrected chi connectivity index (χ0v) is 8.49.